The largest absolute Gasteiger partial charge is 0.496 e. The van der Waals surface area contributed by atoms with Crippen LogP contribution in [0.25, 0.3) is 0 Å². The Balaban J connectivity index is 1.91. The molecule has 1 atom stereocenters. The zero-order chi connectivity index (χ0) is 14.3. The Hall–Kier alpha value is -2.50. The predicted molar refractivity (Wildman–Crippen MR) is 68.6 cm³/mol. The second-order valence-electron chi connectivity index (χ2n) is 4.70. The van der Waals surface area contributed by atoms with Crippen molar-refractivity contribution in [1.29, 1.82) is 0 Å². The fraction of sp³-hybridized carbons (Fsp3) is 0.286. The van der Waals surface area contributed by atoms with E-state index in [0.717, 1.165) is 12.2 Å². The quantitative estimate of drug-likeness (QED) is 0.904. The summed E-state index contributed by atoms with van der Waals surface area (Å²) < 4.78 is 10.4. The van der Waals surface area contributed by atoms with Crippen LogP contribution in [0.1, 0.15) is 27.1 Å². The highest BCUT2D eigenvalue weighted by Crippen LogP contribution is 2.31. The first-order valence-electron chi connectivity index (χ1n) is 6.17. The molecule has 20 heavy (non-hydrogen) atoms. The fourth-order valence-electron chi connectivity index (χ4n) is 2.46. The molecule has 1 aromatic carbocycles. The van der Waals surface area contributed by atoms with E-state index in [4.69, 9.17) is 14.6 Å². The summed E-state index contributed by atoms with van der Waals surface area (Å²) in [5.41, 5.74) is 0.435. The van der Waals surface area contributed by atoms with Crippen molar-refractivity contribution >= 4 is 11.9 Å². The summed E-state index contributed by atoms with van der Waals surface area (Å²) >= 11 is 0. The monoisotopic (exact) mass is 275 g/mol. The van der Waals surface area contributed by atoms with Gasteiger partial charge in [0.25, 0.3) is 5.91 Å². The molecular weight excluding hydrogens is 262 g/mol. The number of carboxylic acids is 1. The maximum Gasteiger partial charge on any atom is 0.339 e. The van der Waals surface area contributed by atoms with Crippen LogP contribution in [0.2, 0.25) is 0 Å². The van der Waals surface area contributed by atoms with Gasteiger partial charge in [-0.25, -0.2) is 4.79 Å². The van der Waals surface area contributed by atoms with E-state index in [2.05, 4.69) is 0 Å². The lowest BCUT2D eigenvalue weighted by Gasteiger charge is -2.23. The zero-order valence-corrected chi connectivity index (χ0v) is 10.8. The van der Waals surface area contributed by atoms with Crippen LogP contribution in [0.5, 0.6) is 5.75 Å². The molecular formula is C14H13NO5. The Kier molecular flexibility index (Phi) is 2.85. The molecule has 0 aromatic heterocycles. The maximum atomic E-state index is 12.4. The molecule has 1 fully saturated rings. The number of hydrogen-bond donors (Lipinski definition) is 1. The van der Waals surface area contributed by atoms with Gasteiger partial charge in [-0.15, -0.1) is 0 Å². The van der Waals surface area contributed by atoms with Crippen LogP contribution in [0, 0.1) is 0 Å². The maximum absolute atomic E-state index is 12.4. The van der Waals surface area contributed by atoms with Crippen LogP contribution in [-0.2, 0) is 4.74 Å². The van der Waals surface area contributed by atoms with Crippen LogP contribution in [0.3, 0.4) is 0 Å². The number of methoxy groups -OCH3 is 1. The van der Waals surface area contributed by atoms with Gasteiger partial charge in [-0.2, -0.15) is 0 Å². The highest BCUT2D eigenvalue weighted by atomic mass is 16.5. The van der Waals surface area contributed by atoms with Crippen molar-refractivity contribution < 1.29 is 24.2 Å². The summed E-state index contributed by atoms with van der Waals surface area (Å²) in [7, 11) is 1.38. The minimum Gasteiger partial charge on any atom is -0.496 e. The van der Waals surface area contributed by atoms with E-state index in [1.807, 2.05) is 0 Å². The van der Waals surface area contributed by atoms with E-state index in [9.17, 15) is 9.59 Å². The van der Waals surface area contributed by atoms with Gasteiger partial charge in [0.2, 0.25) is 0 Å². The molecule has 6 heteroatoms. The van der Waals surface area contributed by atoms with Crippen LogP contribution < -0.4 is 4.74 Å². The Morgan fingerprint density at radius 1 is 1.45 bits per heavy atom. The zero-order valence-electron chi connectivity index (χ0n) is 10.8. The van der Waals surface area contributed by atoms with Crippen LogP contribution in [0.4, 0.5) is 0 Å². The van der Waals surface area contributed by atoms with Gasteiger partial charge in [0.15, 0.2) is 0 Å². The van der Waals surface area contributed by atoms with Crippen molar-refractivity contribution in [2.45, 2.75) is 12.5 Å². The summed E-state index contributed by atoms with van der Waals surface area (Å²) in [6.07, 6.45) is 2.45. The van der Waals surface area contributed by atoms with Crippen LogP contribution in [-0.4, -0.2) is 41.6 Å². The molecule has 0 saturated carbocycles. The Morgan fingerprint density at radius 3 is 2.80 bits per heavy atom. The molecule has 0 aliphatic carbocycles. The number of carboxylic acid groups (broad SMARTS) is 1. The number of hydrogen-bond acceptors (Lipinski definition) is 4. The summed E-state index contributed by atoms with van der Waals surface area (Å²) in [4.78, 5) is 25.1. The molecule has 2 aliphatic rings. The minimum atomic E-state index is -1.09. The van der Waals surface area contributed by atoms with Gasteiger partial charge in [-0.1, -0.05) is 0 Å². The van der Waals surface area contributed by atoms with Gasteiger partial charge >= 0.3 is 5.97 Å². The smallest absolute Gasteiger partial charge is 0.339 e. The van der Waals surface area contributed by atoms with E-state index < -0.39 is 5.97 Å². The van der Waals surface area contributed by atoms with E-state index >= 15 is 0 Å². The number of nitrogens with zero attached hydrogens (tertiary/aromatic N) is 1. The van der Waals surface area contributed by atoms with Crippen LogP contribution >= 0.6 is 0 Å². The van der Waals surface area contributed by atoms with Gasteiger partial charge in [0.05, 0.1) is 13.2 Å². The molecule has 6 nitrogen and oxygen atoms in total. The summed E-state index contributed by atoms with van der Waals surface area (Å²) in [6.45, 7) is 0.516. The number of fused-ring (bicyclic) bond motifs is 2. The van der Waals surface area contributed by atoms with Gasteiger partial charge < -0.3 is 19.5 Å². The Labute approximate surface area is 115 Å². The second-order valence-corrected chi connectivity index (χ2v) is 4.70. The first kappa shape index (κ1) is 12.5. The summed E-state index contributed by atoms with van der Waals surface area (Å²) in [6, 6.07) is 4.38. The number of amides is 1. The molecule has 2 heterocycles. The molecule has 0 radical (unpaired) electrons. The lowest BCUT2D eigenvalue weighted by Crippen LogP contribution is -2.35. The number of benzene rings is 1. The standard InChI is InChI=1S/C14H13NO5/c1-19-12-4-8(2-3-11(12)14(17)18)13(16)15-6-10-5-9(15)7-20-10/h2-4,6,9H,5,7H2,1H3,(H,17,18). The Bertz CT molecular complexity index is 622. The van der Waals surface area contributed by atoms with Gasteiger partial charge in [-0.05, 0) is 18.2 Å². The first-order valence-corrected chi connectivity index (χ1v) is 6.17. The van der Waals surface area contributed by atoms with E-state index in [-0.39, 0.29) is 23.3 Å². The first-order chi connectivity index (χ1) is 9.60. The lowest BCUT2D eigenvalue weighted by molar-refractivity contribution is 0.0688. The molecule has 0 spiro atoms. The van der Waals surface area contributed by atoms with Crippen molar-refractivity contribution in [2.24, 2.45) is 0 Å². The normalized spacial score (nSPS) is 19.6. The average molecular weight is 275 g/mol. The summed E-state index contributed by atoms with van der Waals surface area (Å²) in [5.74, 6) is -0.269. The van der Waals surface area contributed by atoms with Crippen molar-refractivity contribution in [2.75, 3.05) is 13.7 Å². The number of rotatable bonds is 3. The molecule has 1 saturated heterocycles. The van der Waals surface area contributed by atoms with Gasteiger partial charge in [0, 0.05) is 18.2 Å². The van der Waals surface area contributed by atoms with E-state index in [1.54, 1.807) is 11.1 Å². The third-order valence-electron chi connectivity index (χ3n) is 3.49. The average Bonchev–Trinajstić information content (AvgIpc) is 3.08. The number of carbonyl (C=O) groups is 2. The van der Waals surface area contributed by atoms with E-state index in [1.165, 1.54) is 25.3 Å². The summed E-state index contributed by atoms with van der Waals surface area (Å²) in [5, 5.41) is 9.02. The fourth-order valence-corrected chi connectivity index (χ4v) is 2.46. The van der Waals surface area contributed by atoms with Crippen molar-refractivity contribution in [3.05, 3.63) is 41.3 Å². The molecule has 1 amide bonds. The second kappa shape index (κ2) is 4.56. The number of aromatic carboxylic acids is 1. The number of ether oxygens (including phenoxy) is 2. The minimum absolute atomic E-state index is 0.0358. The van der Waals surface area contributed by atoms with Crippen molar-refractivity contribution in [3.8, 4) is 5.75 Å². The van der Waals surface area contributed by atoms with Gasteiger partial charge in [-0.3, -0.25) is 4.79 Å². The SMILES string of the molecule is COc1cc(C(=O)N2C=C3CC2CO3)ccc1C(=O)O. The molecule has 3 rings (SSSR count). The highest BCUT2D eigenvalue weighted by Gasteiger charge is 2.36. The highest BCUT2D eigenvalue weighted by molar-refractivity contribution is 5.98. The third kappa shape index (κ3) is 1.89. The molecule has 1 aromatic rings. The van der Waals surface area contributed by atoms with Crippen molar-refractivity contribution in [3.63, 3.8) is 0 Å². The number of carbonyl (C=O) groups excluding carboxylic acids is 1. The van der Waals surface area contributed by atoms with Crippen LogP contribution in [0.15, 0.2) is 30.2 Å². The molecule has 2 aliphatic heterocycles. The lowest BCUT2D eigenvalue weighted by atomic mass is 10.1. The predicted octanol–water partition coefficient (Wildman–Crippen LogP) is 1.48. The van der Waals surface area contributed by atoms with Gasteiger partial charge in [0.1, 0.15) is 23.7 Å². The van der Waals surface area contributed by atoms with Crippen molar-refractivity contribution in [1.82, 2.24) is 4.90 Å². The molecule has 1 unspecified atom stereocenters. The van der Waals surface area contributed by atoms with E-state index in [0.29, 0.717) is 12.2 Å². The molecule has 1 N–H and O–H groups in total. The topological polar surface area (TPSA) is 76.1 Å². The third-order valence-corrected chi connectivity index (χ3v) is 3.49. The Morgan fingerprint density at radius 2 is 2.25 bits per heavy atom. The molecule has 2 bridgehead atoms. The molecule has 104 valence electrons.